The molecule has 1 atom stereocenters. The monoisotopic (exact) mass is 300 g/mol. The molecule has 3 rings (SSSR count). The Morgan fingerprint density at radius 2 is 2.05 bits per heavy atom. The normalized spacial score (nSPS) is 23.3. The Labute approximate surface area is 132 Å². The minimum atomic E-state index is 0.548. The number of hydrogen-bond acceptors (Lipinski definition) is 5. The van der Waals surface area contributed by atoms with Gasteiger partial charge in [-0.3, -0.25) is 4.90 Å². The van der Waals surface area contributed by atoms with Gasteiger partial charge in [-0.05, 0) is 38.3 Å². The van der Waals surface area contributed by atoms with Crippen LogP contribution in [0.4, 0.5) is 5.82 Å². The number of anilines is 1. The smallest absolute Gasteiger partial charge is 0.147 e. The van der Waals surface area contributed by atoms with Crippen LogP contribution in [0.3, 0.4) is 0 Å². The van der Waals surface area contributed by atoms with Gasteiger partial charge in [0, 0.05) is 37.9 Å². The molecule has 0 saturated carbocycles. The van der Waals surface area contributed by atoms with E-state index in [1.54, 1.807) is 0 Å². The van der Waals surface area contributed by atoms with Crippen LogP contribution in [0.5, 0.6) is 0 Å². The lowest BCUT2D eigenvalue weighted by Crippen LogP contribution is -2.52. The first-order valence-corrected chi connectivity index (χ1v) is 8.14. The summed E-state index contributed by atoms with van der Waals surface area (Å²) in [7, 11) is 0. The summed E-state index contributed by atoms with van der Waals surface area (Å²) in [6.45, 7) is 9.66. The first-order valence-electron chi connectivity index (χ1n) is 8.14. The molecule has 5 nitrogen and oxygen atoms in total. The Morgan fingerprint density at radius 3 is 2.77 bits per heavy atom. The van der Waals surface area contributed by atoms with Crippen molar-refractivity contribution in [1.29, 1.82) is 5.26 Å². The number of rotatable bonds is 2. The number of piperidine rings is 1. The molecule has 0 aromatic carbocycles. The number of aryl methyl sites for hydroxylation is 2. The van der Waals surface area contributed by atoms with Gasteiger partial charge >= 0.3 is 0 Å². The molecule has 0 amide bonds. The summed E-state index contributed by atoms with van der Waals surface area (Å²) in [6.07, 6.45) is 2.38. The van der Waals surface area contributed by atoms with Crippen LogP contribution in [0, 0.1) is 25.2 Å². The highest BCUT2D eigenvalue weighted by atomic mass is 16.5. The van der Waals surface area contributed by atoms with Crippen molar-refractivity contribution < 1.29 is 4.74 Å². The standard InChI is InChI=1S/C17H24N4O/c1-13-10-14(2)19-17(16(13)11-18)21-5-3-4-15(12-21)20-6-8-22-9-7-20/h10,15H,3-9,12H2,1-2H3/t15-/m1/s1. The lowest BCUT2D eigenvalue weighted by Gasteiger charge is -2.41. The van der Waals surface area contributed by atoms with Crippen LogP contribution >= 0.6 is 0 Å². The molecule has 2 aliphatic heterocycles. The first kappa shape index (κ1) is 15.3. The van der Waals surface area contributed by atoms with E-state index in [-0.39, 0.29) is 0 Å². The van der Waals surface area contributed by atoms with Crippen LogP contribution < -0.4 is 4.90 Å². The fraction of sp³-hybridized carbons (Fsp3) is 0.647. The second kappa shape index (κ2) is 6.64. The minimum absolute atomic E-state index is 0.548. The maximum absolute atomic E-state index is 9.49. The van der Waals surface area contributed by atoms with Gasteiger partial charge in [-0.2, -0.15) is 5.26 Å². The number of pyridine rings is 1. The Morgan fingerprint density at radius 1 is 1.27 bits per heavy atom. The third kappa shape index (κ3) is 3.08. The molecule has 5 heteroatoms. The molecule has 3 heterocycles. The van der Waals surface area contributed by atoms with Crippen LogP contribution in [0.15, 0.2) is 6.07 Å². The second-order valence-corrected chi connectivity index (χ2v) is 6.28. The molecule has 0 spiro atoms. The molecule has 118 valence electrons. The van der Waals surface area contributed by atoms with E-state index >= 15 is 0 Å². The van der Waals surface area contributed by atoms with Gasteiger partial charge in [0.1, 0.15) is 11.9 Å². The Bertz CT molecular complexity index is 575. The van der Waals surface area contributed by atoms with Gasteiger partial charge < -0.3 is 9.64 Å². The third-order valence-electron chi connectivity index (χ3n) is 4.70. The molecular formula is C17H24N4O. The number of nitrogens with zero attached hydrogens (tertiary/aromatic N) is 4. The van der Waals surface area contributed by atoms with Gasteiger partial charge in [0.05, 0.1) is 18.8 Å². The van der Waals surface area contributed by atoms with Gasteiger partial charge in [0.15, 0.2) is 0 Å². The van der Waals surface area contributed by atoms with Gasteiger partial charge in [0.2, 0.25) is 0 Å². The maximum atomic E-state index is 9.49. The summed E-state index contributed by atoms with van der Waals surface area (Å²) in [5.74, 6) is 0.873. The van der Waals surface area contributed by atoms with E-state index in [0.29, 0.717) is 6.04 Å². The van der Waals surface area contributed by atoms with Crippen LogP contribution in [-0.2, 0) is 4.74 Å². The zero-order valence-corrected chi connectivity index (χ0v) is 13.5. The van der Waals surface area contributed by atoms with Crippen LogP contribution in [0.2, 0.25) is 0 Å². The summed E-state index contributed by atoms with van der Waals surface area (Å²) in [5, 5.41) is 9.49. The first-order chi connectivity index (χ1) is 10.7. The minimum Gasteiger partial charge on any atom is -0.379 e. The maximum Gasteiger partial charge on any atom is 0.147 e. The van der Waals surface area contributed by atoms with Crippen LogP contribution in [-0.4, -0.2) is 55.3 Å². The SMILES string of the molecule is Cc1cc(C)c(C#N)c(N2CCC[C@@H](N3CCOCC3)C2)n1. The summed E-state index contributed by atoms with van der Waals surface area (Å²) in [5.41, 5.74) is 2.74. The lowest BCUT2D eigenvalue weighted by atomic mass is 10.0. The highest BCUT2D eigenvalue weighted by Gasteiger charge is 2.28. The van der Waals surface area contributed by atoms with Crippen LogP contribution in [0.25, 0.3) is 0 Å². The Balaban J connectivity index is 1.81. The van der Waals surface area contributed by atoms with Crippen molar-refractivity contribution in [3.63, 3.8) is 0 Å². The molecule has 2 fully saturated rings. The van der Waals surface area contributed by atoms with E-state index < -0.39 is 0 Å². The molecule has 1 aromatic rings. The van der Waals surface area contributed by atoms with Crippen molar-refractivity contribution in [2.75, 3.05) is 44.3 Å². The zero-order valence-electron chi connectivity index (χ0n) is 13.5. The fourth-order valence-corrected chi connectivity index (χ4v) is 3.57. The van der Waals surface area contributed by atoms with Crippen molar-refractivity contribution in [3.05, 3.63) is 22.9 Å². The molecule has 0 aliphatic carbocycles. The van der Waals surface area contributed by atoms with E-state index in [9.17, 15) is 5.26 Å². The molecule has 22 heavy (non-hydrogen) atoms. The van der Waals surface area contributed by atoms with Gasteiger partial charge in [-0.25, -0.2) is 4.98 Å². The lowest BCUT2D eigenvalue weighted by molar-refractivity contribution is 0.0137. The number of morpholine rings is 1. The topological polar surface area (TPSA) is 52.4 Å². The molecule has 0 unspecified atom stereocenters. The highest BCUT2D eigenvalue weighted by Crippen LogP contribution is 2.26. The average Bonchev–Trinajstić information content (AvgIpc) is 2.55. The molecular weight excluding hydrogens is 276 g/mol. The van der Waals surface area contributed by atoms with E-state index in [1.807, 2.05) is 19.9 Å². The van der Waals surface area contributed by atoms with Crippen molar-refractivity contribution in [1.82, 2.24) is 9.88 Å². The molecule has 0 radical (unpaired) electrons. The molecule has 0 bridgehead atoms. The largest absolute Gasteiger partial charge is 0.379 e. The Hall–Kier alpha value is -1.64. The summed E-state index contributed by atoms with van der Waals surface area (Å²) in [6, 6.07) is 4.88. The summed E-state index contributed by atoms with van der Waals surface area (Å²) in [4.78, 5) is 9.51. The van der Waals surface area contributed by atoms with Crippen molar-refractivity contribution >= 4 is 5.82 Å². The van der Waals surface area contributed by atoms with E-state index in [1.165, 1.54) is 6.42 Å². The highest BCUT2D eigenvalue weighted by molar-refractivity contribution is 5.58. The third-order valence-corrected chi connectivity index (χ3v) is 4.70. The van der Waals surface area contributed by atoms with E-state index in [0.717, 1.165) is 68.5 Å². The van der Waals surface area contributed by atoms with Crippen molar-refractivity contribution in [2.24, 2.45) is 0 Å². The van der Waals surface area contributed by atoms with Gasteiger partial charge in [0.25, 0.3) is 0 Å². The zero-order chi connectivity index (χ0) is 15.5. The van der Waals surface area contributed by atoms with Crippen molar-refractivity contribution in [3.8, 4) is 6.07 Å². The molecule has 2 aliphatic rings. The van der Waals surface area contributed by atoms with E-state index in [2.05, 4.69) is 20.9 Å². The predicted octanol–water partition coefficient (Wildman–Crippen LogP) is 1.87. The Kier molecular flexibility index (Phi) is 4.60. The average molecular weight is 300 g/mol. The molecule has 0 N–H and O–H groups in total. The predicted molar refractivity (Wildman–Crippen MR) is 86.1 cm³/mol. The van der Waals surface area contributed by atoms with Crippen LogP contribution in [0.1, 0.15) is 29.7 Å². The molecule has 2 saturated heterocycles. The number of ether oxygens (including phenoxy) is 1. The van der Waals surface area contributed by atoms with E-state index in [4.69, 9.17) is 4.74 Å². The fourth-order valence-electron chi connectivity index (χ4n) is 3.57. The van der Waals surface area contributed by atoms with Crippen molar-refractivity contribution in [2.45, 2.75) is 32.7 Å². The molecule has 1 aromatic heterocycles. The number of hydrogen-bond donors (Lipinski definition) is 0. The van der Waals surface area contributed by atoms with Gasteiger partial charge in [-0.1, -0.05) is 0 Å². The summed E-state index contributed by atoms with van der Waals surface area (Å²) < 4.78 is 5.46. The van der Waals surface area contributed by atoms with Gasteiger partial charge in [-0.15, -0.1) is 0 Å². The number of aromatic nitrogens is 1. The second-order valence-electron chi connectivity index (χ2n) is 6.28. The summed E-state index contributed by atoms with van der Waals surface area (Å²) >= 11 is 0. The number of nitriles is 1. The quantitative estimate of drug-likeness (QED) is 0.834.